The van der Waals surface area contributed by atoms with E-state index in [9.17, 15) is 27.2 Å². The standard InChI is InChI=1S/C37H36F4N4O6/c1-2-3-7-20-48-27-17-18-28(29(22-27)49-21-8-5-4-6-19-42)36(46)50-25-13-9-23(10-14-25)24-11-15-26(16-12-24)51-37(47)30-31(38)33(40)35(44-45-43)34(41)32(30)39/h9-18,22H,2-8,19-21,42H2,1H3. The first-order valence-corrected chi connectivity index (χ1v) is 16.3. The first-order chi connectivity index (χ1) is 24.7. The molecule has 0 amide bonds. The van der Waals surface area contributed by atoms with Crippen LogP contribution in [0, 0.1) is 23.3 Å². The zero-order valence-electron chi connectivity index (χ0n) is 27.8. The Balaban J connectivity index is 1.42. The van der Waals surface area contributed by atoms with Crippen molar-refractivity contribution in [2.45, 2.75) is 51.9 Å². The molecule has 4 aromatic carbocycles. The highest BCUT2D eigenvalue weighted by molar-refractivity contribution is 5.94. The minimum Gasteiger partial charge on any atom is -0.493 e. The highest BCUT2D eigenvalue weighted by Gasteiger charge is 2.30. The third-order valence-electron chi connectivity index (χ3n) is 7.60. The zero-order chi connectivity index (χ0) is 36.8. The fourth-order valence-electron chi connectivity index (χ4n) is 4.89. The quantitative estimate of drug-likeness (QED) is 0.0158. The Morgan fingerprint density at radius 3 is 1.78 bits per heavy atom. The van der Waals surface area contributed by atoms with Crippen LogP contribution >= 0.6 is 0 Å². The molecule has 0 saturated heterocycles. The van der Waals surface area contributed by atoms with Crippen LogP contribution < -0.4 is 24.7 Å². The summed E-state index contributed by atoms with van der Waals surface area (Å²) in [5, 5.41) is 2.58. The Kier molecular flexibility index (Phi) is 14.2. The molecule has 0 fully saturated rings. The van der Waals surface area contributed by atoms with E-state index in [2.05, 4.69) is 16.9 Å². The molecule has 0 radical (unpaired) electrons. The lowest BCUT2D eigenvalue weighted by Crippen LogP contribution is -2.16. The molecule has 0 aliphatic rings. The van der Waals surface area contributed by atoms with Crippen molar-refractivity contribution in [1.82, 2.24) is 0 Å². The monoisotopic (exact) mass is 708 g/mol. The maximum atomic E-state index is 14.4. The number of benzene rings is 4. The van der Waals surface area contributed by atoms with E-state index in [1.54, 1.807) is 42.5 Å². The zero-order valence-corrected chi connectivity index (χ0v) is 27.8. The molecule has 0 atom stereocenters. The van der Waals surface area contributed by atoms with Crippen molar-refractivity contribution in [3.63, 3.8) is 0 Å². The van der Waals surface area contributed by atoms with Gasteiger partial charge in [0.2, 0.25) is 0 Å². The second-order valence-electron chi connectivity index (χ2n) is 11.3. The summed E-state index contributed by atoms with van der Waals surface area (Å²) >= 11 is 0. The molecule has 0 unspecified atom stereocenters. The summed E-state index contributed by atoms with van der Waals surface area (Å²) in [6, 6.07) is 17.2. The minimum absolute atomic E-state index is 0.181. The van der Waals surface area contributed by atoms with Crippen molar-refractivity contribution < 1.29 is 46.1 Å². The van der Waals surface area contributed by atoms with E-state index in [0.717, 1.165) is 44.9 Å². The van der Waals surface area contributed by atoms with Crippen molar-refractivity contribution >= 4 is 17.6 Å². The summed E-state index contributed by atoms with van der Waals surface area (Å²) in [7, 11) is 0. The van der Waals surface area contributed by atoms with E-state index in [1.165, 1.54) is 24.3 Å². The van der Waals surface area contributed by atoms with Crippen LogP contribution in [-0.2, 0) is 0 Å². The van der Waals surface area contributed by atoms with Gasteiger partial charge in [-0.1, -0.05) is 62.0 Å². The van der Waals surface area contributed by atoms with Crippen LogP contribution in [0.2, 0.25) is 0 Å². The Morgan fingerprint density at radius 2 is 1.22 bits per heavy atom. The molecular formula is C37H36F4N4O6. The van der Waals surface area contributed by atoms with Crippen LogP contribution in [-0.4, -0.2) is 31.7 Å². The topological polar surface area (TPSA) is 146 Å². The van der Waals surface area contributed by atoms with Gasteiger partial charge in [0.15, 0.2) is 23.3 Å². The number of nitrogens with two attached hydrogens (primary N) is 1. The van der Waals surface area contributed by atoms with Gasteiger partial charge in [-0.15, -0.1) is 0 Å². The van der Waals surface area contributed by atoms with Gasteiger partial charge in [-0.05, 0) is 78.9 Å². The number of carbonyl (C=O) groups excluding carboxylic acids is 2. The molecule has 0 spiro atoms. The molecule has 51 heavy (non-hydrogen) atoms. The number of hydrogen-bond acceptors (Lipinski definition) is 8. The molecule has 4 rings (SSSR count). The van der Waals surface area contributed by atoms with Crippen LogP contribution in [0.15, 0.2) is 71.8 Å². The third kappa shape index (κ3) is 10.2. The van der Waals surface area contributed by atoms with Gasteiger partial charge in [0.25, 0.3) is 0 Å². The van der Waals surface area contributed by atoms with Crippen molar-refractivity contribution in [2.24, 2.45) is 10.8 Å². The maximum Gasteiger partial charge on any atom is 0.349 e. The van der Waals surface area contributed by atoms with Gasteiger partial charge in [-0.2, -0.15) is 0 Å². The Hall–Kier alpha value is -5.59. The molecule has 10 nitrogen and oxygen atoms in total. The molecule has 0 saturated carbocycles. The van der Waals surface area contributed by atoms with E-state index < -0.39 is 46.5 Å². The van der Waals surface area contributed by atoms with Gasteiger partial charge in [0.1, 0.15) is 39.8 Å². The van der Waals surface area contributed by atoms with Gasteiger partial charge < -0.3 is 24.7 Å². The summed E-state index contributed by atoms with van der Waals surface area (Å²) in [5.41, 5.74) is 12.3. The van der Waals surface area contributed by atoms with Gasteiger partial charge >= 0.3 is 11.9 Å². The normalized spacial score (nSPS) is 10.7. The second-order valence-corrected chi connectivity index (χ2v) is 11.3. The second kappa shape index (κ2) is 19.0. The number of carbonyl (C=O) groups is 2. The van der Waals surface area contributed by atoms with E-state index in [1.807, 2.05) is 0 Å². The molecule has 4 aromatic rings. The number of unbranched alkanes of at least 4 members (excludes halogenated alkanes) is 5. The lowest BCUT2D eigenvalue weighted by atomic mass is 10.1. The number of halogens is 4. The van der Waals surface area contributed by atoms with E-state index in [0.29, 0.717) is 42.4 Å². The molecule has 268 valence electrons. The molecular weight excluding hydrogens is 672 g/mol. The van der Waals surface area contributed by atoms with Crippen LogP contribution in [0.25, 0.3) is 21.6 Å². The molecule has 0 aliphatic heterocycles. The van der Waals surface area contributed by atoms with Gasteiger partial charge in [0, 0.05) is 11.0 Å². The van der Waals surface area contributed by atoms with Crippen molar-refractivity contribution in [2.75, 3.05) is 19.8 Å². The number of nitrogens with zero attached hydrogens (tertiary/aromatic N) is 3. The molecule has 0 aliphatic carbocycles. The summed E-state index contributed by atoms with van der Waals surface area (Å²) in [6.45, 7) is 3.71. The first-order valence-electron chi connectivity index (χ1n) is 16.3. The van der Waals surface area contributed by atoms with E-state index in [4.69, 9.17) is 30.2 Å². The fraction of sp³-hybridized carbons (Fsp3) is 0.297. The smallest absolute Gasteiger partial charge is 0.349 e. The largest absolute Gasteiger partial charge is 0.493 e. The lowest BCUT2D eigenvalue weighted by molar-refractivity contribution is 0.0715. The molecule has 0 aromatic heterocycles. The van der Waals surface area contributed by atoms with Crippen LogP contribution in [0.3, 0.4) is 0 Å². The fourth-order valence-corrected chi connectivity index (χ4v) is 4.89. The first kappa shape index (κ1) is 38.2. The van der Waals surface area contributed by atoms with Gasteiger partial charge in [-0.25, -0.2) is 27.2 Å². The third-order valence-corrected chi connectivity index (χ3v) is 7.60. The average Bonchev–Trinajstić information content (AvgIpc) is 3.13. The highest BCUT2D eigenvalue weighted by Crippen LogP contribution is 2.32. The lowest BCUT2D eigenvalue weighted by Gasteiger charge is -2.14. The van der Waals surface area contributed by atoms with Crippen LogP contribution in [0.4, 0.5) is 23.2 Å². The molecule has 0 bridgehead atoms. The van der Waals surface area contributed by atoms with Crippen LogP contribution in [0.5, 0.6) is 23.0 Å². The molecule has 0 heterocycles. The highest BCUT2D eigenvalue weighted by atomic mass is 19.2. The number of azide groups is 1. The number of ether oxygens (including phenoxy) is 4. The molecule has 2 N–H and O–H groups in total. The summed E-state index contributed by atoms with van der Waals surface area (Å²) < 4.78 is 79.3. The maximum absolute atomic E-state index is 14.4. The Bertz CT molecular complexity index is 1840. The van der Waals surface area contributed by atoms with Gasteiger partial charge in [0.05, 0.1) is 13.2 Å². The number of hydrogen-bond donors (Lipinski definition) is 1. The minimum atomic E-state index is -2.07. The van der Waals surface area contributed by atoms with Crippen molar-refractivity contribution in [3.05, 3.63) is 112 Å². The van der Waals surface area contributed by atoms with Gasteiger partial charge in [-0.3, -0.25) is 0 Å². The Morgan fingerprint density at radius 1 is 0.686 bits per heavy atom. The Labute approximate surface area is 291 Å². The number of esters is 2. The number of rotatable bonds is 18. The summed E-state index contributed by atoms with van der Waals surface area (Å²) in [4.78, 5) is 27.8. The predicted octanol–water partition coefficient (Wildman–Crippen LogP) is 9.76. The predicted molar refractivity (Wildman–Crippen MR) is 181 cm³/mol. The van der Waals surface area contributed by atoms with E-state index >= 15 is 0 Å². The SMILES string of the molecule is CCCCCOc1ccc(C(=O)Oc2ccc(-c3ccc(OC(=O)c4c(F)c(F)c(N=[N+]=[N-])c(F)c4F)cc3)cc2)c(OCCCCCCN)c1. The van der Waals surface area contributed by atoms with Crippen molar-refractivity contribution in [1.29, 1.82) is 0 Å². The summed E-state index contributed by atoms with van der Waals surface area (Å²) in [5.74, 6) is -9.52. The van der Waals surface area contributed by atoms with E-state index in [-0.39, 0.29) is 17.1 Å². The average molecular weight is 709 g/mol. The van der Waals surface area contributed by atoms with Crippen LogP contribution in [0.1, 0.15) is 72.6 Å². The van der Waals surface area contributed by atoms with Crippen molar-refractivity contribution in [3.8, 4) is 34.1 Å². The molecule has 14 heteroatoms. The summed E-state index contributed by atoms with van der Waals surface area (Å²) in [6.07, 6.45) is 6.70.